The van der Waals surface area contributed by atoms with Crippen molar-refractivity contribution in [2.45, 2.75) is 43.8 Å². The zero-order chi connectivity index (χ0) is 25.5. The van der Waals surface area contributed by atoms with Crippen LogP contribution in [-0.4, -0.2) is 87.9 Å². The Hall–Kier alpha value is -3.33. The van der Waals surface area contributed by atoms with E-state index in [0.717, 1.165) is 0 Å². The van der Waals surface area contributed by atoms with Gasteiger partial charge in [0, 0.05) is 24.9 Å². The molecule has 190 valence electrons. The van der Waals surface area contributed by atoms with Gasteiger partial charge in [-0.05, 0) is 31.3 Å². The van der Waals surface area contributed by atoms with E-state index >= 15 is 0 Å². The van der Waals surface area contributed by atoms with E-state index in [4.69, 9.17) is 17.2 Å². The fourth-order valence-electron chi connectivity index (χ4n) is 2.79. The molecule has 3 amide bonds. The van der Waals surface area contributed by atoms with Gasteiger partial charge in [0.2, 0.25) is 17.7 Å². The first kappa shape index (κ1) is 28.7. The first-order valence-corrected chi connectivity index (χ1v) is 11.9. The van der Waals surface area contributed by atoms with Crippen molar-refractivity contribution in [3.05, 3.63) is 18.2 Å². The standard InChI is InChI=1S/C19H33N9O5S/c1-34-6-4-13(28-16(30)12(20)3-2-5-24-19(21)22)17(31)25-9-15(29)27-14(18(32)33)7-11-8-23-10-26-11/h8,10,12-14H,2-7,9,20H2,1H3,(H,23,26)(H,25,31)(H,27,29)(H,28,30)(H,32,33)(H4,21,22,24). The number of thioether (sulfide) groups is 1. The predicted molar refractivity (Wildman–Crippen MR) is 128 cm³/mol. The highest BCUT2D eigenvalue weighted by atomic mass is 32.2. The molecule has 3 unspecified atom stereocenters. The zero-order valence-corrected chi connectivity index (χ0v) is 19.8. The van der Waals surface area contributed by atoms with Crippen molar-refractivity contribution in [3.63, 3.8) is 0 Å². The van der Waals surface area contributed by atoms with Crippen molar-refractivity contribution < 1.29 is 24.3 Å². The van der Waals surface area contributed by atoms with Gasteiger partial charge in [0.05, 0.1) is 18.9 Å². The first-order valence-electron chi connectivity index (χ1n) is 10.5. The molecular formula is C19H33N9O5S. The molecule has 1 aromatic heterocycles. The summed E-state index contributed by atoms with van der Waals surface area (Å²) in [6.45, 7) is -0.131. The predicted octanol–water partition coefficient (Wildman–Crippen LogP) is -2.74. The Bertz CT molecular complexity index is 830. The highest BCUT2D eigenvalue weighted by molar-refractivity contribution is 7.98. The highest BCUT2D eigenvalue weighted by Crippen LogP contribution is 2.03. The summed E-state index contributed by atoms with van der Waals surface area (Å²) in [7, 11) is 0. The minimum atomic E-state index is -1.23. The number of imidazole rings is 1. The third kappa shape index (κ3) is 11.5. The maximum Gasteiger partial charge on any atom is 0.326 e. The maximum absolute atomic E-state index is 12.6. The van der Waals surface area contributed by atoms with Gasteiger partial charge < -0.3 is 43.2 Å². The lowest BCUT2D eigenvalue weighted by Crippen LogP contribution is -2.53. The van der Waals surface area contributed by atoms with Crippen molar-refractivity contribution in [1.82, 2.24) is 25.9 Å². The van der Waals surface area contributed by atoms with Gasteiger partial charge in [-0.1, -0.05) is 0 Å². The Labute approximate surface area is 201 Å². The lowest BCUT2D eigenvalue weighted by atomic mass is 10.1. The molecule has 3 atom stereocenters. The summed E-state index contributed by atoms with van der Waals surface area (Å²) in [6.07, 6.45) is 5.82. The van der Waals surface area contributed by atoms with Crippen molar-refractivity contribution >= 4 is 41.4 Å². The normalized spacial score (nSPS) is 13.2. The van der Waals surface area contributed by atoms with Crippen LogP contribution in [0.3, 0.4) is 0 Å². The van der Waals surface area contributed by atoms with Gasteiger partial charge in [-0.15, -0.1) is 0 Å². The number of carbonyl (C=O) groups excluding carboxylic acids is 3. The molecule has 0 aliphatic carbocycles. The Morgan fingerprint density at radius 2 is 1.91 bits per heavy atom. The second-order valence-corrected chi connectivity index (χ2v) is 8.34. The van der Waals surface area contributed by atoms with Gasteiger partial charge in [0.15, 0.2) is 5.96 Å². The van der Waals surface area contributed by atoms with Crippen molar-refractivity contribution in [3.8, 4) is 0 Å². The largest absolute Gasteiger partial charge is 0.480 e. The number of aliphatic imine (C=N–C) groups is 1. The summed E-state index contributed by atoms with van der Waals surface area (Å²) in [5.74, 6) is -2.48. The molecule has 0 aliphatic heterocycles. The molecule has 1 heterocycles. The third-order valence-electron chi connectivity index (χ3n) is 4.58. The van der Waals surface area contributed by atoms with E-state index in [1.54, 1.807) is 0 Å². The Balaban J connectivity index is 2.57. The first-order chi connectivity index (χ1) is 16.1. The van der Waals surface area contributed by atoms with Crippen LogP contribution in [0.15, 0.2) is 17.5 Å². The molecule has 0 saturated heterocycles. The Morgan fingerprint density at radius 1 is 1.18 bits per heavy atom. The van der Waals surface area contributed by atoms with E-state index < -0.39 is 48.4 Å². The number of nitrogens with zero attached hydrogens (tertiary/aromatic N) is 2. The van der Waals surface area contributed by atoms with Crippen LogP contribution in [-0.2, 0) is 25.6 Å². The van der Waals surface area contributed by atoms with E-state index in [-0.39, 0.29) is 12.4 Å². The van der Waals surface area contributed by atoms with Gasteiger partial charge in [0.1, 0.15) is 12.1 Å². The van der Waals surface area contributed by atoms with Gasteiger partial charge in [-0.25, -0.2) is 9.78 Å². The SMILES string of the molecule is CSCCC(NC(=O)C(N)CCCN=C(N)N)C(=O)NCC(=O)NC(Cc1cnc[nH]1)C(=O)O. The second kappa shape index (κ2) is 15.5. The van der Waals surface area contributed by atoms with Crippen LogP contribution in [0, 0.1) is 0 Å². The summed E-state index contributed by atoms with van der Waals surface area (Å²) in [5.41, 5.74) is 16.9. The quantitative estimate of drug-likeness (QED) is 0.0662. The fraction of sp³-hybridized carbons (Fsp3) is 0.579. The zero-order valence-electron chi connectivity index (χ0n) is 19.0. The van der Waals surface area contributed by atoms with Gasteiger partial charge >= 0.3 is 5.97 Å². The monoisotopic (exact) mass is 499 g/mol. The molecule has 34 heavy (non-hydrogen) atoms. The average Bonchev–Trinajstić information content (AvgIpc) is 3.30. The highest BCUT2D eigenvalue weighted by Gasteiger charge is 2.25. The summed E-state index contributed by atoms with van der Waals surface area (Å²) < 4.78 is 0. The van der Waals surface area contributed by atoms with E-state index in [1.165, 1.54) is 24.3 Å². The summed E-state index contributed by atoms with van der Waals surface area (Å²) in [6, 6.07) is -2.97. The van der Waals surface area contributed by atoms with Crippen LogP contribution in [0.1, 0.15) is 25.0 Å². The molecule has 0 aromatic carbocycles. The number of aromatic amines is 1. The number of carboxylic acid groups (broad SMARTS) is 1. The smallest absolute Gasteiger partial charge is 0.326 e. The van der Waals surface area contributed by atoms with Crippen molar-refractivity contribution in [1.29, 1.82) is 0 Å². The number of rotatable bonds is 16. The van der Waals surface area contributed by atoms with Crippen LogP contribution < -0.4 is 33.2 Å². The Morgan fingerprint density at radius 3 is 2.50 bits per heavy atom. The number of nitrogens with one attached hydrogen (secondary N) is 4. The van der Waals surface area contributed by atoms with E-state index in [1.807, 2.05) is 6.26 Å². The van der Waals surface area contributed by atoms with Crippen LogP contribution in [0.4, 0.5) is 0 Å². The molecule has 0 spiro atoms. The number of carboxylic acids is 1. The minimum Gasteiger partial charge on any atom is -0.480 e. The molecule has 1 rings (SSSR count). The molecular weight excluding hydrogens is 466 g/mol. The third-order valence-corrected chi connectivity index (χ3v) is 5.23. The maximum atomic E-state index is 12.6. The van der Waals surface area contributed by atoms with Crippen LogP contribution in [0.2, 0.25) is 0 Å². The van der Waals surface area contributed by atoms with E-state index in [2.05, 4.69) is 30.9 Å². The molecule has 1 aromatic rings. The van der Waals surface area contributed by atoms with E-state index in [0.29, 0.717) is 37.3 Å². The van der Waals surface area contributed by atoms with Crippen LogP contribution >= 0.6 is 11.8 Å². The van der Waals surface area contributed by atoms with Crippen LogP contribution in [0.25, 0.3) is 0 Å². The molecule has 0 saturated carbocycles. The second-order valence-electron chi connectivity index (χ2n) is 7.36. The molecule has 0 aliphatic rings. The van der Waals surface area contributed by atoms with Gasteiger partial charge in [-0.3, -0.25) is 19.4 Å². The summed E-state index contributed by atoms with van der Waals surface area (Å²) in [4.78, 5) is 59.0. The van der Waals surface area contributed by atoms with Crippen molar-refractivity contribution in [2.24, 2.45) is 22.2 Å². The lowest BCUT2D eigenvalue weighted by Gasteiger charge is -2.21. The molecule has 0 bridgehead atoms. The molecule has 14 nitrogen and oxygen atoms in total. The molecule has 11 N–H and O–H groups in total. The van der Waals surface area contributed by atoms with E-state index in [9.17, 15) is 24.3 Å². The number of carbonyl (C=O) groups is 4. The molecule has 0 fully saturated rings. The summed E-state index contributed by atoms with van der Waals surface area (Å²) in [5, 5.41) is 16.7. The number of aromatic nitrogens is 2. The molecule has 0 radical (unpaired) electrons. The molecule has 15 heteroatoms. The summed E-state index contributed by atoms with van der Waals surface area (Å²) >= 11 is 1.49. The number of nitrogens with two attached hydrogens (primary N) is 3. The number of hydrogen-bond donors (Lipinski definition) is 8. The number of aliphatic carboxylic acids is 1. The average molecular weight is 500 g/mol. The Kier molecular flexibility index (Phi) is 13.1. The number of amides is 3. The number of guanidine groups is 1. The topological polar surface area (TPSA) is 244 Å². The van der Waals surface area contributed by atoms with Crippen LogP contribution in [0.5, 0.6) is 0 Å². The number of H-pyrrole nitrogens is 1. The fourth-order valence-corrected chi connectivity index (χ4v) is 3.26. The number of hydrogen-bond acceptors (Lipinski definition) is 8. The van der Waals surface area contributed by atoms with Gasteiger partial charge in [0.25, 0.3) is 0 Å². The lowest BCUT2D eigenvalue weighted by molar-refractivity contribution is -0.141. The van der Waals surface area contributed by atoms with Gasteiger partial charge in [-0.2, -0.15) is 11.8 Å². The van der Waals surface area contributed by atoms with Crippen molar-refractivity contribution in [2.75, 3.05) is 25.1 Å². The minimum absolute atomic E-state index is 0.00248.